The van der Waals surface area contributed by atoms with Crippen molar-refractivity contribution in [1.29, 1.82) is 0 Å². The third kappa shape index (κ3) is 3.36. The highest BCUT2D eigenvalue weighted by atomic mass is 32.2. The summed E-state index contributed by atoms with van der Waals surface area (Å²) in [6.45, 7) is 1.60. The van der Waals surface area contributed by atoms with E-state index in [1.165, 1.54) is 12.1 Å². The number of carbonyl (C=O) groups is 1. The summed E-state index contributed by atoms with van der Waals surface area (Å²) in [5.74, 6) is -0.396. The number of benzene rings is 1. The van der Waals surface area contributed by atoms with Gasteiger partial charge in [-0.3, -0.25) is 4.79 Å². The van der Waals surface area contributed by atoms with Gasteiger partial charge in [-0.1, -0.05) is 19.1 Å². The van der Waals surface area contributed by atoms with Gasteiger partial charge < -0.3 is 5.73 Å². The van der Waals surface area contributed by atoms with Gasteiger partial charge >= 0.3 is 0 Å². The second kappa shape index (κ2) is 4.44. The summed E-state index contributed by atoms with van der Waals surface area (Å²) in [7, 11) is -3.02. The molecule has 0 aliphatic heterocycles. The van der Waals surface area contributed by atoms with Crippen molar-refractivity contribution < 1.29 is 13.2 Å². The van der Waals surface area contributed by atoms with E-state index in [1.54, 1.807) is 19.1 Å². The molecule has 1 amide bonds. The molecule has 1 aromatic rings. The number of hydrogen-bond donors (Lipinski definition) is 1. The lowest BCUT2D eigenvalue weighted by atomic mass is 10.1. The zero-order valence-corrected chi connectivity index (χ0v) is 9.25. The van der Waals surface area contributed by atoms with Crippen molar-refractivity contribution in [2.75, 3.05) is 5.75 Å². The molecule has 0 unspecified atom stereocenters. The van der Waals surface area contributed by atoms with E-state index in [1.807, 2.05) is 0 Å². The van der Waals surface area contributed by atoms with Gasteiger partial charge in [0.15, 0.2) is 9.84 Å². The van der Waals surface area contributed by atoms with E-state index in [4.69, 9.17) is 5.73 Å². The van der Waals surface area contributed by atoms with Crippen LogP contribution in [-0.4, -0.2) is 20.1 Å². The molecule has 0 atom stereocenters. The second-order valence-electron chi connectivity index (χ2n) is 3.24. The molecule has 0 aliphatic rings. The maximum absolute atomic E-state index is 11.3. The third-order valence-corrected chi connectivity index (χ3v) is 3.72. The topological polar surface area (TPSA) is 77.2 Å². The zero-order chi connectivity index (χ0) is 11.5. The van der Waals surface area contributed by atoms with Crippen molar-refractivity contribution in [1.82, 2.24) is 0 Å². The zero-order valence-electron chi connectivity index (χ0n) is 8.43. The molecule has 1 rings (SSSR count). The van der Waals surface area contributed by atoms with Gasteiger partial charge in [-0.15, -0.1) is 0 Å². The van der Waals surface area contributed by atoms with Crippen LogP contribution in [0.5, 0.6) is 0 Å². The molecule has 0 aromatic heterocycles. The van der Waals surface area contributed by atoms with Crippen molar-refractivity contribution in [2.45, 2.75) is 12.7 Å². The number of sulfone groups is 1. The van der Waals surface area contributed by atoms with Gasteiger partial charge in [0.1, 0.15) is 0 Å². The van der Waals surface area contributed by atoms with Crippen LogP contribution in [-0.2, 0) is 15.6 Å². The normalized spacial score (nSPS) is 11.3. The molecule has 0 saturated carbocycles. The molecule has 0 aliphatic carbocycles. The monoisotopic (exact) mass is 227 g/mol. The summed E-state index contributed by atoms with van der Waals surface area (Å²) in [5, 5.41) is 0. The van der Waals surface area contributed by atoms with Crippen LogP contribution in [0.4, 0.5) is 0 Å². The minimum absolute atomic E-state index is 0.00252. The molecule has 0 radical (unpaired) electrons. The first-order chi connectivity index (χ1) is 6.94. The second-order valence-corrected chi connectivity index (χ2v) is 5.59. The van der Waals surface area contributed by atoms with Gasteiger partial charge in [0.2, 0.25) is 5.91 Å². The fourth-order valence-electron chi connectivity index (χ4n) is 1.12. The van der Waals surface area contributed by atoms with Gasteiger partial charge in [-0.25, -0.2) is 8.42 Å². The minimum atomic E-state index is -3.02. The average molecular weight is 227 g/mol. The predicted molar refractivity (Wildman–Crippen MR) is 58.1 cm³/mol. The van der Waals surface area contributed by atoms with Crippen LogP contribution < -0.4 is 5.73 Å². The molecular weight excluding hydrogens is 214 g/mol. The fourth-order valence-corrected chi connectivity index (χ4v) is 2.03. The fraction of sp³-hybridized carbons (Fsp3) is 0.300. The summed E-state index contributed by atoms with van der Waals surface area (Å²) in [5.41, 5.74) is 6.11. The Bertz CT molecular complexity index is 448. The smallest absolute Gasteiger partial charge is 0.248 e. The lowest BCUT2D eigenvalue weighted by Gasteiger charge is -2.02. The van der Waals surface area contributed by atoms with E-state index < -0.39 is 15.7 Å². The summed E-state index contributed by atoms with van der Waals surface area (Å²) < 4.78 is 22.6. The van der Waals surface area contributed by atoms with Gasteiger partial charge in [-0.2, -0.15) is 0 Å². The number of amides is 1. The Hall–Kier alpha value is -1.36. The SMILES string of the molecule is CCS(=O)(=O)Cc1ccc(C(N)=O)cc1. The molecule has 5 heteroatoms. The quantitative estimate of drug-likeness (QED) is 0.823. The Balaban J connectivity index is 2.86. The minimum Gasteiger partial charge on any atom is -0.366 e. The maximum Gasteiger partial charge on any atom is 0.248 e. The highest BCUT2D eigenvalue weighted by molar-refractivity contribution is 7.90. The maximum atomic E-state index is 11.3. The highest BCUT2D eigenvalue weighted by Crippen LogP contribution is 2.08. The predicted octanol–water partition coefficient (Wildman–Crippen LogP) is 0.720. The van der Waals surface area contributed by atoms with Gasteiger partial charge in [0, 0.05) is 11.3 Å². The standard InChI is InChI=1S/C10H13NO3S/c1-2-15(13,14)7-8-3-5-9(6-4-8)10(11)12/h3-6H,2,7H2,1H3,(H2,11,12). The molecule has 0 bridgehead atoms. The number of primary amides is 1. The molecule has 15 heavy (non-hydrogen) atoms. The van der Waals surface area contributed by atoms with Crippen molar-refractivity contribution >= 4 is 15.7 Å². The van der Waals surface area contributed by atoms with E-state index in [0.717, 1.165) is 0 Å². The van der Waals surface area contributed by atoms with Crippen LogP contribution >= 0.6 is 0 Å². The third-order valence-electron chi connectivity index (χ3n) is 2.06. The van der Waals surface area contributed by atoms with Crippen LogP contribution in [0.1, 0.15) is 22.8 Å². The van der Waals surface area contributed by atoms with E-state index in [-0.39, 0.29) is 11.5 Å². The first-order valence-corrected chi connectivity index (χ1v) is 6.36. The van der Waals surface area contributed by atoms with E-state index in [0.29, 0.717) is 11.1 Å². The number of nitrogens with two attached hydrogens (primary N) is 1. The van der Waals surface area contributed by atoms with E-state index in [9.17, 15) is 13.2 Å². The number of hydrogen-bond acceptors (Lipinski definition) is 3. The Morgan fingerprint density at radius 3 is 2.20 bits per heavy atom. The molecule has 82 valence electrons. The first kappa shape index (κ1) is 11.7. The van der Waals surface area contributed by atoms with Crippen molar-refractivity contribution in [2.24, 2.45) is 5.73 Å². The lowest BCUT2D eigenvalue weighted by Crippen LogP contribution is -2.11. The van der Waals surface area contributed by atoms with Crippen LogP contribution in [0, 0.1) is 0 Å². The summed E-state index contributed by atoms with van der Waals surface area (Å²) >= 11 is 0. The van der Waals surface area contributed by atoms with Gasteiger partial charge in [0.05, 0.1) is 5.75 Å². The molecule has 0 fully saturated rings. The van der Waals surface area contributed by atoms with Crippen molar-refractivity contribution in [3.63, 3.8) is 0 Å². The van der Waals surface area contributed by atoms with Crippen LogP contribution in [0.15, 0.2) is 24.3 Å². The molecule has 0 heterocycles. The van der Waals surface area contributed by atoms with E-state index in [2.05, 4.69) is 0 Å². The van der Waals surface area contributed by atoms with Crippen molar-refractivity contribution in [3.05, 3.63) is 35.4 Å². The van der Waals surface area contributed by atoms with Crippen LogP contribution in [0.3, 0.4) is 0 Å². The summed E-state index contributed by atoms with van der Waals surface area (Å²) in [6, 6.07) is 6.27. The Labute approximate surface area is 89.0 Å². The molecule has 4 nitrogen and oxygen atoms in total. The lowest BCUT2D eigenvalue weighted by molar-refractivity contribution is 0.100. The van der Waals surface area contributed by atoms with E-state index >= 15 is 0 Å². The Morgan fingerprint density at radius 2 is 1.80 bits per heavy atom. The molecule has 0 saturated heterocycles. The van der Waals surface area contributed by atoms with Gasteiger partial charge in [0.25, 0.3) is 0 Å². The Kier molecular flexibility index (Phi) is 3.47. The first-order valence-electron chi connectivity index (χ1n) is 4.54. The van der Waals surface area contributed by atoms with Crippen LogP contribution in [0.25, 0.3) is 0 Å². The summed E-state index contributed by atoms with van der Waals surface area (Å²) in [4.78, 5) is 10.8. The Morgan fingerprint density at radius 1 is 1.27 bits per heavy atom. The average Bonchev–Trinajstić information content (AvgIpc) is 2.18. The molecule has 1 aromatic carbocycles. The van der Waals surface area contributed by atoms with Gasteiger partial charge in [-0.05, 0) is 17.7 Å². The molecule has 0 spiro atoms. The van der Waals surface area contributed by atoms with Crippen LogP contribution in [0.2, 0.25) is 0 Å². The highest BCUT2D eigenvalue weighted by Gasteiger charge is 2.09. The largest absolute Gasteiger partial charge is 0.366 e. The number of rotatable bonds is 4. The number of carbonyl (C=O) groups excluding carboxylic acids is 1. The molecular formula is C10H13NO3S. The molecule has 2 N–H and O–H groups in total. The van der Waals surface area contributed by atoms with Crippen molar-refractivity contribution in [3.8, 4) is 0 Å². The summed E-state index contributed by atoms with van der Waals surface area (Å²) in [6.07, 6.45) is 0.